The molecule has 0 bridgehead atoms. The van der Waals surface area contributed by atoms with Crippen molar-refractivity contribution in [3.05, 3.63) is 46.0 Å². The summed E-state index contributed by atoms with van der Waals surface area (Å²) in [6.07, 6.45) is 4.38. The van der Waals surface area contributed by atoms with Crippen LogP contribution in [0, 0.1) is 13.8 Å². The highest BCUT2D eigenvalue weighted by Gasteiger charge is 2.18. The number of carbonyl (C=O) groups excluding carboxylic acids is 1. The van der Waals surface area contributed by atoms with Crippen LogP contribution in [0.15, 0.2) is 12.4 Å². The summed E-state index contributed by atoms with van der Waals surface area (Å²) < 4.78 is 1.84. The fourth-order valence-corrected chi connectivity index (χ4v) is 2.95. The average Bonchev–Trinajstić information content (AvgIpc) is 2.77. The van der Waals surface area contributed by atoms with Gasteiger partial charge in [0.15, 0.2) is 0 Å². The number of amides is 1. The molecule has 2 N–H and O–H groups in total. The normalized spacial score (nSPS) is 13.8. The van der Waals surface area contributed by atoms with Gasteiger partial charge in [0.05, 0.1) is 11.3 Å². The standard InChI is InChI=1S/C16H21N5O/c1-10-14(11(2)21(3)20-10)9-19-16(22)15-8-18-7-12-6-17-5-4-13(12)15/h7-8,17H,4-6,9H2,1-3H3,(H,19,22). The number of aryl methyl sites for hydroxylation is 2. The Labute approximate surface area is 129 Å². The number of rotatable bonds is 3. The molecule has 1 amide bonds. The predicted octanol–water partition coefficient (Wildman–Crippen LogP) is 1.01. The Morgan fingerprint density at radius 3 is 2.95 bits per heavy atom. The van der Waals surface area contributed by atoms with Gasteiger partial charge in [-0.2, -0.15) is 5.10 Å². The third-order valence-corrected chi connectivity index (χ3v) is 4.34. The zero-order valence-corrected chi connectivity index (χ0v) is 13.2. The average molecular weight is 299 g/mol. The predicted molar refractivity (Wildman–Crippen MR) is 83.5 cm³/mol. The van der Waals surface area contributed by atoms with Crippen LogP contribution in [0.4, 0.5) is 0 Å². The molecule has 22 heavy (non-hydrogen) atoms. The lowest BCUT2D eigenvalue weighted by Crippen LogP contribution is -2.29. The molecule has 0 saturated carbocycles. The first-order chi connectivity index (χ1) is 10.6. The monoisotopic (exact) mass is 299 g/mol. The first kappa shape index (κ1) is 14.7. The Morgan fingerprint density at radius 2 is 2.23 bits per heavy atom. The maximum absolute atomic E-state index is 12.5. The molecular formula is C16H21N5O. The van der Waals surface area contributed by atoms with Gasteiger partial charge in [0, 0.05) is 43.8 Å². The molecule has 0 radical (unpaired) electrons. The van der Waals surface area contributed by atoms with Crippen molar-refractivity contribution in [2.45, 2.75) is 33.4 Å². The molecule has 1 aliphatic rings. The molecule has 0 aromatic carbocycles. The first-order valence-electron chi connectivity index (χ1n) is 7.51. The van der Waals surface area contributed by atoms with Crippen LogP contribution in [-0.4, -0.2) is 27.2 Å². The minimum atomic E-state index is -0.0612. The molecule has 1 aliphatic heterocycles. The Hall–Kier alpha value is -2.21. The van der Waals surface area contributed by atoms with Gasteiger partial charge in [-0.1, -0.05) is 0 Å². The molecule has 3 rings (SSSR count). The topological polar surface area (TPSA) is 71.8 Å². The second-order valence-electron chi connectivity index (χ2n) is 5.71. The summed E-state index contributed by atoms with van der Waals surface area (Å²) in [5.74, 6) is -0.0612. The molecule has 6 heteroatoms. The van der Waals surface area contributed by atoms with E-state index in [-0.39, 0.29) is 5.91 Å². The SMILES string of the molecule is Cc1nn(C)c(C)c1CNC(=O)c1cncc2c1CCNC2. The van der Waals surface area contributed by atoms with E-state index >= 15 is 0 Å². The first-order valence-corrected chi connectivity index (χ1v) is 7.51. The highest BCUT2D eigenvalue weighted by atomic mass is 16.1. The van der Waals surface area contributed by atoms with Crippen LogP contribution in [-0.2, 0) is 26.6 Å². The molecule has 2 aromatic heterocycles. The van der Waals surface area contributed by atoms with Crippen LogP contribution >= 0.6 is 0 Å². The maximum Gasteiger partial charge on any atom is 0.253 e. The van der Waals surface area contributed by atoms with E-state index in [1.807, 2.05) is 31.8 Å². The minimum Gasteiger partial charge on any atom is -0.348 e. The number of nitrogens with zero attached hydrogens (tertiary/aromatic N) is 3. The van der Waals surface area contributed by atoms with Crippen LogP contribution in [0.1, 0.15) is 38.4 Å². The molecular weight excluding hydrogens is 278 g/mol. The third kappa shape index (κ3) is 2.62. The molecule has 2 aromatic rings. The summed E-state index contributed by atoms with van der Waals surface area (Å²) in [7, 11) is 1.91. The van der Waals surface area contributed by atoms with E-state index in [9.17, 15) is 4.79 Å². The second kappa shape index (κ2) is 5.88. The van der Waals surface area contributed by atoms with Crippen molar-refractivity contribution < 1.29 is 4.79 Å². The van der Waals surface area contributed by atoms with Crippen molar-refractivity contribution in [1.82, 2.24) is 25.4 Å². The van der Waals surface area contributed by atoms with Crippen LogP contribution in [0.3, 0.4) is 0 Å². The fraction of sp³-hybridized carbons (Fsp3) is 0.438. The van der Waals surface area contributed by atoms with Gasteiger partial charge in [-0.05, 0) is 37.9 Å². The summed E-state index contributed by atoms with van der Waals surface area (Å²) in [4.78, 5) is 16.7. The van der Waals surface area contributed by atoms with Crippen LogP contribution in [0.25, 0.3) is 0 Å². The van der Waals surface area contributed by atoms with Gasteiger partial charge in [-0.15, -0.1) is 0 Å². The number of fused-ring (bicyclic) bond motifs is 1. The van der Waals surface area contributed by atoms with Gasteiger partial charge >= 0.3 is 0 Å². The number of hydrogen-bond donors (Lipinski definition) is 2. The fourth-order valence-electron chi connectivity index (χ4n) is 2.95. The van der Waals surface area contributed by atoms with Gasteiger partial charge < -0.3 is 10.6 Å². The molecule has 0 unspecified atom stereocenters. The van der Waals surface area contributed by atoms with Gasteiger partial charge in [-0.25, -0.2) is 0 Å². The zero-order chi connectivity index (χ0) is 15.7. The van der Waals surface area contributed by atoms with Gasteiger partial charge in [-0.3, -0.25) is 14.5 Å². The molecule has 0 saturated heterocycles. The summed E-state index contributed by atoms with van der Waals surface area (Å²) in [5, 5.41) is 10.7. The van der Waals surface area contributed by atoms with Crippen molar-refractivity contribution in [2.75, 3.05) is 6.54 Å². The molecule has 116 valence electrons. The highest BCUT2D eigenvalue weighted by molar-refractivity contribution is 5.95. The molecule has 3 heterocycles. The summed E-state index contributed by atoms with van der Waals surface area (Å²) >= 11 is 0. The summed E-state index contributed by atoms with van der Waals surface area (Å²) in [6.45, 7) is 6.15. The Balaban J connectivity index is 1.78. The van der Waals surface area contributed by atoms with E-state index in [0.717, 1.165) is 47.6 Å². The largest absolute Gasteiger partial charge is 0.348 e. The van der Waals surface area contributed by atoms with Crippen molar-refractivity contribution in [3.63, 3.8) is 0 Å². The quantitative estimate of drug-likeness (QED) is 0.887. The van der Waals surface area contributed by atoms with Crippen molar-refractivity contribution in [3.8, 4) is 0 Å². The zero-order valence-electron chi connectivity index (χ0n) is 13.2. The van der Waals surface area contributed by atoms with E-state index in [4.69, 9.17) is 0 Å². The van der Waals surface area contributed by atoms with Crippen LogP contribution < -0.4 is 10.6 Å². The molecule has 6 nitrogen and oxygen atoms in total. The third-order valence-electron chi connectivity index (χ3n) is 4.34. The number of aromatic nitrogens is 3. The molecule has 0 fully saturated rings. The lowest BCUT2D eigenvalue weighted by atomic mass is 9.98. The lowest BCUT2D eigenvalue weighted by Gasteiger charge is -2.19. The summed E-state index contributed by atoms with van der Waals surface area (Å²) in [5.41, 5.74) is 6.04. The van der Waals surface area contributed by atoms with Crippen LogP contribution in [0.2, 0.25) is 0 Å². The van der Waals surface area contributed by atoms with Crippen LogP contribution in [0.5, 0.6) is 0 Å². The number of nitrogens with one attached hydrogen (secondary N) is 2. The number of pyridine rings is 1. The molecule has 0 spiro atoms. The van der Waals surface area contributed by atoms with E-state index in [0.29, 0.717) is 12.1 Å². The highest BCUT2D eigenvalue weighted by Crippen LogP contribution is 2.18. The maximum atomic E-state index is 12.5. The van der Waals surface area contributed by atoms with E-state index in [1.54, 1.807) is 6.20 Å². The van der Waals surface area contributed by atoms with Gasteiger partial charge in [0.1, 0.15) is 0 Å². The summed E-state index contributed by atoms with van der Waals surface area (Å²) in [6, 6.07) is 0. The number of hydrogen-bond acceptors (Lipinski definition) is 4. The lowest BCUT2D eigenvalue weighted by molar-refractivity contribution is 0.0949. The van der Waals surface area contributed by atoms with Crippen molar-refractivity contribution in [1.29, 1.82) is 0 Å². The van der Waals surface area contributed by atoms with E-state index in [2.05, 4.69) is 20.7 Å². The minimum absolute atomic E-state index is 0.0612. The Bertz CT molecular complexity index is 720. The van der Waals surface area contributed by atoms with Gasteiger partial charge in [0.2, 0.25) is 0 Å². The molecule has 0 aliphatic carbocycles. The Kier molecular flexibility index (Phi) is 3.94. The molecule has 0 atom stereocenters. The number of carbonyl (C=O) groups is 1. The smallest absolute Gasteiger partial charge is 0.253 e. The van der Waals surface area contributed by atoms with Gasteiger partial charge in [0.25, 0.3) is 5.91 Å². The van der Waals surface area contributed by atoms with Crippen molar-refractivity contribution >= 4 is 5.91 Å². The van der Waals surface area contributed by atoms with E-state index < -0.39 is 0 Å². The van der Waals surface area contributed by atoms with E-state index in [1.165, 1.54) is 0 Å². The second-order valence-corrected chi connectivity index (χ2v) is 5.71. The Morgan fingerprint density at radius 1 is 1.41 bits per heavy atom. The van der Waals surface area contributed by atoms with Crippen molar-refractivity contribution in [2.24, 2.45) is 7.05 Å².